The molecule has 1 atom stereocenters. The van der Waals surface area contributed by atoms with Crippen LogP contribution in [0.5, 0.6) is 5.75 Å². The monoisotopic (exact) mass is 232 g/mol. The second-order valence-corrected chi connectivity index (χ2v) is 3.94. The molecule has 0 saturated carbocycles. The van der Waals surface area contributed by atoms with Crippen molar-refractivity contribution in [3.63, 3.8) is 0 Å². The Bertz CT molecular complexity index is 495. The Morgan fingerprint density at radius 1 is 1.41 bits per heavy atom. The molecule has 0 aromatic heterocycles. The van der Waals surface area contributed by atoms with Crippen molar-refractivity contribution >= 4 is 5.84 Å². The largest absolute Gasteiger partial charge is 0.497 e. The highest BCUT2D eigenvalue weighted by atomic mass is 16.5. The SMILES string of the molecule is COc1cccc(C2(N)N=C(C)NC=C2N)c1. The van der Waals surface area contributed by atoms with E-state index in [1.807, 2.05) is 31.2 Å². The highest BCUT2D eigenvalue weighted by Gasteiger charge is 2.32. The van der Waals surface area contributed by atoms with Crippen LogP contribution in [0.15, 0.2) is 41.2 Å². The van der Waals surface area contributed by atoms with Crippen molar-refractivity contribution in [3.05, 3.63) is 41.7 Å². The van der Waals surface area contributed by atoms with E-state index in [0.29, 0.717) is 5.70 Å². The van der Waals surface area contributed by atoms with Crippen molar-refractivity contribution in [1.82, 2.24) is 5.32 Å². The first-order chi connectivity index (χ1) is 8.06. The van der Waals surface area contributed by atoms with E-state index in [1.165, 1.54) is 0 Å². The van der Waals surface area contributed by atoms with E-state index in [1.54, 1.807) is 13.3 Å². The van der Waals surface area contributed by atoms with Gasteiger partial charge in [0, 0.05) is 11.8 Å². The molecule has 0 spiro atoms. The maximum Gasteiger partial charge on any atom is 0.177 e. The van der Waals surface area contributed by atoms with Crippen LogP contribution in [0, 0.1) is 0 Å². The highest BCUT2D eigenvalue weighted by molar-refractivity contribution is 5.82. The Morgan fingerprint density at radius 2 is 2.18 bits per heavy atom. The summed E-state index contributed by atoms with van der Waals surface area (Å²) in [6.07, 6.45) is 1.67. The third-order valence-electron chi connectivity index (χ3n) is 2.73. The predicted octanol–water partition coefficient (Wildman–Crippen LogP) is 0.628. The highest BCUT2D eigenvalue weighted by Crippen LogP contribution is 2.29. The van der Waals surface area contributed by atoms with Gasteiger partial charge in [0.1, 0.15) is 11.6 Å². The van der Waals surface area contributed by atoms with Crippen molar-refractivity contribution in [2.24, 2.45) is 16.5 Å². The van der Waals surface area contributed by atoms with E-state index in [0.717, 1.165) is 17.1 Å². The van der Waals surface area contributed by atoms with Gasteiger partial charge in [-0.05, 0) is 19.1 Å². The lowest BCUT2D eigenvalue weighted by molar-refractivity contribution is 0.412. The maximum atomic E-state index is 6.26. The molecule has 0 amide bonds. The molecule has 2 rings (SSSR count). The molecule has 1 unspecified atom stereocenters. The Morgan fingerprint density at radius 3 is 2.88 bits per heavy atom. The number of nitrogens with one attached hydrogen (secondary N) is 1. The molecule has 5 heteroatoms. The summed E-state index contributed by atoms with van der Waals surface area (Å²) in [5.41, 5.74) is 12.4. The molecule has 0 bridgehead atoms. The first kappa shape index (κ1) is 11.5. The first-order valence-corrected chi connectivity index (χ1v) is 5.29. The summed E-state index contributed by atoms with van der Waals surface area (Å²) in [5, 5.41) is 2.94. The standard InChI is InChI=1S/C12H16N4O/c1-8-15-7-11(13)12(14,16-8)9-4-3-5-10(6-9)17-2/h3-7H,13-14H2,1-2H3,(H,15,16). The summed E-state index contributed by atoms with van der Waals surface area (Å²) in [7, 11) is 1.61. The number of rotatable bonds is 2. The van der Waals surface area contributed by atoms with Crippen LogP contribution in [-0.2, 0) is 5.66 Å². The Balaban J connectivity index is 2.49. The van der Waals surface area contributed by atoms with Gasteiger partial charge in [-0.25, -0.2) is 4.99 Å². The summed E-state index contributed by atoms with van der Waals surface area (Å²) in [6, 6.07) is 7.43. The molecule has 5 N–H and O–H groups in total. The van der Waals surface area contributed by atoms with Gasteiger partial charge in [0.05, 0.1) is 12.8 Å². The molecule has 90 valence electrons. The quantitative estimate of drug-likeness (QED) is 0.698. The van der Waals surface area contributed by atoms with Gasteiger partial charge in [0.25, 0.3) is 0 Å². The molecular formula is C12H16N4O. The minimum atomic E-state index is -1.02. The fraction of sp³-hybridized carbons (Fsp3) is 0.250. The molecule has 0 radical (unpaired) electrons. The van der Waals surface area contributed by atoms with Crippen LogP contribution >= 0.6 is 0 Å². The smallest absolute Gasteiger partial charge is 0.177 e. The van der Waals surface area contributed by atoms with Crippen LogP contribution in [0.2, 0.25) is 0 Å². The second-order valence-electron chi connectivity index (χ2n) is 3.94. The molecule has 5 nitrogen and oxygen atoms in total. The van der Waals surface area contributed by atoms with Crippen LogP contribution in [-0.4, -0.2) is 12.9 Å². The van der Waals surface area contributed by atoms with E-state index >= 15 is 0 Å². The van der Waals surface area contributed by atoms with E-state index in [4.69, 9.17) is 16.2 Å². The molecule has 1 heterocycles. The Kier molecular flexibility index (Phi) is 2.77. The summed E-state index contributed by atoms with van der Waals surface area (Å²) in [5.74, 6) is 1.45. The van der Waals surface area contributed by atoms with E-state index in [9.17, 15) is 0 Å². The van der Waals surface area contributed by atoms with Crippen LogP contribution in [0.3, 0.4) is 0 Å². The van der Waals surface area contributed by atoms with Crippen molar-refractivity contribution in [2.75, 3.05) is 7.11 Å². The molecule has 1 aliphatic heterocycles. The molecule has 1 aliphatic rings. The molecule has 1 aromatic carbocycles. The summed E-state index contributed by atoms with van der Waals surface area (Å²) < 4.78 is 5.17. The van der Waals surface area contributed by atoms with Gasteiger partial charge in [-0.2, -0.15) is 0 Å². The average molecular weight is 232 g/mol. The number of aliphatic imine (C=N–C) groups is 1. The van der Waals surface area contributed by atoms with E-state index in [2.05, 4.69) is 10.3 Å². The number of hydrogen-bond acceptors (Lipinski definition) is 5. The van der Waals surface area contributed by atoms with Crippen LogP contribution in [0.1, 0.15) is 12.5 Å². The first-order valence-electron chi connectivity index (χ1n) is 5.29. The van der Waals surface area contributed by atoms with Gasteiger partial charge in [-0.3, -0.25) is 5.73 Å². The summed E-state index contributed by atoms with van der Waals surface area (Å²) in [4.78, 5) is 4.38. The normalized spacial score (nSPS) is 23.5. The van der Waals surface area contributed by atoms with Crippen molar-refractivity contribution < 1.29 is 4.74 Å². The van der Waals surface area contributed by atoms with Crippen molar-refractivity contribution in [3.8, 4) is 5.75 Å². The third kappa shape index (κ3) is 1.97. The molecule has 0 fully saturated rings. The molecule has 0 saturated heterocycles. The zero-order valence-corrected chi connectivity index (χ0v) is 9.90. The van der Waals surface area contributed by atoms with Crippen molar-refractivity contribution in [1.29, 1.82) is 0 Å². The van der Waals surface area contributed by atoms with Crippen LogP contribution in [0.25, 0.3) is 0 Å². The number of nitrogens with zero attached hydrogens (tertiary/aromatic N) is 1. The predicted molar refractivity (Wildman–Crippen MR) is 67.4 cm³/mol. The zero-order chi connectivity index (χ0) is 12.5. The van der Waals surface area contributed by atoms with Gasteiger partial charge < -0.3 is 15.8 Å². The summed E-state index contributed by atoms with van der Waals surface area (Å²) in [6.45, 7) is 1.84. The van der Waals surface area contributed by atoms with E-state index < -0.39 is 5.66 Å². The lowest BCUT2D eigenvalue weighted by atomic mass is 9.96. The number of hydrogen-bond donors (Lipinski definition) is 3. The van der Waals surface area contributed by atoms with Gasteiger partial charge in [0.2, 0.25) is 0 Å². The third-order valence-corrected chi connectivity index (χ3v) is 2.73. The zero-order valence-electron chi connectivity index (χ0n) is 9.90. The second kappa shape index (κ2) is 4.10. The number of nitrogens with two attached hydrogens (primary N) is 2. The number of amidine groups is 1. The van der Waals surface area contributed by atoms with Gasteiger partial charge in [0.15, 0.2) is 5.66 Å². The van der Waals surface area contributed by atoms with Gasteiger partial charge >= 0.3 is 0 Å². The van der Waals surface area contributed by atoms with Crippen molar-refractivity contribution in [2.45, 2.75) is 12.6 Å². The number of ether oxygens (including phenoxy) is 1. The molecular weight excluding hydrogens is 216 g/mol. The van der Waals surface area contributed by atoms with Crippen LogP contribution in [0.4, 0.5) is 0 Å². The molecule has 0 aliphatic carbocycles. The molecule has 17 heavy (non-hydrogen) atoms. The van der Waals surface area contributed by atoms with E-state index in [-0.39, 0.29) is 0 Å². The minimum absolute atomic E-state index is 0.469. The summed E-state index contributed by atoms with van der Waals surface area (Å²) >= 11 is 0. The maximum absolute atomic E-state index is 6.26. The lowest BCUT2D eigenvalue weighted by Gasteiger charge is -2.30. The number of methoxy groups -OCH3 is 1. The Hall–Kier alpha value is -2.01. The van der Waals surface area contributed by atoms with Gasteiger partial charge in [-0.1, -0.05) is 12.1 Å². The fourth-order valence-corrected chi connectivity index (χ4v) is 1.74. The van der Waals surface area contributed by atoms with Gasteiger partial charge in [-0.15, -0.1) is 0 Å². The lowest BCUT2D eigenvalue weighted by Crippen LogP contribution is -2.45. The number of benzene rings is 1. The topological polar surface area (TPSA) is 85.7 Å². The minimum Gasteiger partial charge on any atom is -0.497 e. The fourth-order valence-electron chi connectivity index (χ4n) is 1.74. The van der Waals surface area contributed by atoms with Crippen LogP contribution < -0.4 is 21.5 Å². The molecule has 1 aromatic rings. The average Bonchev–Trinajstić information content (AvgIpc) is 2.34. The Labute approximate surface area is 100 Å².